The molecule has 0 radical (unpaired) electrons. The summed E-state index contributed by atoms with van der Waals surface area (Å²) in [6.45, 7) is 4.73. The van der Waals surface area contributed by atoms with Gasteiger partial charge in [-0.1, -0.05) is 28.1 Å². The van der Waals surface area contributed by atoms with E-state index in [-0.39, 0.29) is 0 Å². The summed E-state index contributed by atoms with van der Waals surface area (Å²) in [5.41, 5.74) is 2.37. The van der Waals surface area contributed by atoms with Crippen molar-refractivity contribution in [2.75, 3.05) is 11.9 Å². The van der Waals surface area contributed by atoms with Crippen LogP contribution in [0.5, 0.6) is 11.5 Å². The van der Waals surface area contributed by atoms with Crippen LogP contribution in [0.25, 0.3) is 0 Å². The monoisotopic (exact) mass is 478 g/mol. The molecule has 0 saturated carbocycles. The summed E-state index contributed by atoms with van der Waals surface area (Å²) in [5, 5.41) is 9.85. The standard InChI is InChI=1S/C9H10Br2O.C7H7BrO/c1-7-2-3-9(8(11)6-7)12-5-4-10;1-5-2-3-7(9)6(8)4-5/h2-3,6H,4-5H2,1H3;2-4,9H,1H3. The van der Waals surface area contributed by atoms with Gasteiger partial charge in [0.1, 0.15) is 11.5 Å². The molecule has 0 saturated heterocycles. The fraction of sp³-hybridized carbons (Fsp3) is 0.250. The molecule has 0 aliphatic carbocycles. The molecule has 1 N–H and O–H groups in total. The van der Waals surface area contributed by atoms with Crippen LogP contribution in [0, 0.1) is 13.8 Å². The molecule has 0 spiro atoms. The Hall–Kier alpha value is -0.520. The molecule has 2 aromatic rings. The molecule has 2 rings (SSSR count). The third-order valence-electron chi connectivity index (χ3n) is 2.53. The van der Waals surface area contributed by atoms with Crippen molar-refractivity contribution in [3.8, 4) is 11.5 Å². The lowest BCUT2D eigenvalue weighted by atomic mass is 10.2. The number of ether oxygens (including phenoxy) is 1. The summed E-state index contributed by atoms with van der Waals surface area (Å²) in [7, 11) is 0. The van der Waals surface area contributed by atoms with Crippen LogP contribution in [0.15, 0.2) is 45.3 Å². The van der Waals surface area contributed by atoms with Crippen molar-refractivity contribution in [2.45, 2.75) is 13.8 Å². The first-order chi connectivity index (χ1) is 9.93. The number of hydrogen-bond donors (Lipinski definition) is 1. The molecule has 0 unspecified atom stereocenters. The Kier molecular flexibility index (Phi) is 8.37. The number of aryl methyl sites for hydroxylation is 2. The summed E-state index contributed by atoms with van der Waals surface area (Å²) in [6.07, 6.45) is 0. The van der Waals surface area contributed by atoms with Crippen molar-refractivity contribution < 1.29 is 9.84 Å². The molecule has 2 nitrogen and oxygen atoms in total. The van der Waals surface area contributed by atoms with Crippen molar-refractivity contribution in [1.29, 1.82) is 0 Å². The summed E-state index contributed by atoms with van der Waals surface area (Å²) in [5.74, 6) is 1.20. The number of phenolic OH excluding ortho intramolecular Hbond substituents is 1. The molecule has 0 aliphatic rings. The number of alkyl halides is 1. The highest BCUT2D eigenvalue weighted by molar-refractivity contribution is 9.11. The van der Waals surface area contributed by atoms with Crippen molar-refractivity contribution in [1.82, 2.24) is 0 Å². The second kappa shape index (κ2) is 9.49. The van der Waals surface area contributed by atoms with Crippen LogP contribution in [0.3, 0.4) is 0 Å². The fourth-order valence-electron chi connectivity index (χ4n) is 1.48. The molecule has 0 aliphatic heterocycles. The minimum absolute atomic E-state index is 0.292. The summed E-state index contributed by atoms with van der Waals surface area (Å²) >= 11 is 9.94. The quantitative estimate of drug-likeness (QED) is 0.546. The number of rotatable bonds is 3. The summed E-state index contributed by atoms with van der Waals surface area (Å²) < 4.78 is 7.22. The molecule has 2 aromatic carbocycles. The SMILES string of the molecule is Cc1ccc(O)c(Br)c1.Cc1ccc(OCCBr)c(Br)c1. The van der Waals surface area contributed by atoms with E-state index in [9.17, 15) is 0 Å². The smallest absolute Gasteiger partial charge is 0.133 e. The van der Waals surface area contributed by atoms with Gasteiger partial charge in [-0.2, -0.15) is 0 Å². The van der Waals surface area contributed by atoms with Gasteiger partial charge in [0, 0.05) is 5.33 Å². The van der Waals surface area contributed by atoms with Gasteiger partial charge in [-0.15, -0.1) is 0 Å². The first kappa shape index (κ1) is 18.5. The van der Waals surface area contributed by atoms with Crippen LogP contribution in [-0.4, -0.2) is 17.0 Å². The zero-order chi connectivity index (χ0) is 15.8. The van der Waals surface area contributed by atoms with E-state index in [1.165, 1.54) is 5.56 Å². The summed E-state index contributed by atoms with van der Waals surface area (Å²) in [4.78, 5) is 0. The molecular weight excluding hydrogens is 464 g/mol. The first-order valence-corrected chi connectivity index (χ1v) is 9.05. The molecule has 5 heteroatoms. The van der Waals surface area contributed by atoms with E-state index >= 15 is 0 Å². The van der Waals surface area contributed by atoms with Crippen LogP contribution in [0.1, 0.15) is 11.1 Å². The lowest BCUT2D eigenvalue weighted by Gasteiger charge is -2.06. The molecule has 0 amide bonds. The van der Waals surface area contributed by atoms with Crippen LogP contribution in [0.4, 0.5) is 0 Å². The van der Waals surface area contributed by atoms with Gasteiger partial charge in [-0.05, 0) is 81.1 Å². The lowest BCUT2D eigenvalue weighted by molar-refractivity contribution is 0.343. The molecule has 114 valence electrons. The van der Waals surface area contributed by atoms with E-state index in [4.69, 9.17) is 9.84 Å². The van der Waals surface area contributed by atoms with Crippen LogP contribution in [-0.2, 0) is 0 Å². The highest BCUT2D eigenvalue weighted by Gasteiger charge is 1.99. The highest BCUT2D eigenvalue weighted by Crippen LogP contribution is 2.25. The van der Waals surface area contributed by atoms with Crippen molar-refractivity contribution in [2.24, 2.45) is 0 Å². The van der Waals surface area contributed by atoms with Gasteiger partial charge >= 0.3 is 0 Å². The third-order valence-corrected chi connectivity index (χ3v) is 4.10. The lowest BCUT2D eigenvalue weighted by Crippen LogP contribution is -1.98. The maximum Gasteiger partial charge on any atom is 0.133 e. The number of phenols is 1. The van der Waals surface area contributed by atoms with Gasteiger partial charge in [-0.3, -0.25) is 0 Å². The molecule has 0 aromatic heterocycles. The van der Waals surface area contributed by atoms with Gasteiger partial charge in [0.2, 0.25) is 0 Å². The zero-order valence-electron chi connectivity index (χ0n) is 11.9. The Morgan fingerprint density at radius 1 is 0.952 bits per heavy atom. The van der Waals surface area contributed by atoms with Gasteiger partial charge in [0.15, 0.2) is 0 Å². The number of benzene rings is 2. The molecule has 0 fully saturated rings. The Morgan fingerprint density at radius 2 is 1.52 bits per heavy atom. The largest absolute Gasteiger partial charge is 0.507 e. The van der Waals surface area contributed by atoms with Crippen molar-refractivity contribution in [3.63, 3.8) is 0 Å². The molecular formula is C16H17Br3O2. The van der Waals surface area contributed by atoms with Crippen LogP contribution >= 0.6 is 47.8 Å². The maximum absolute atomic E-state index is 9.00. The van der Waals surface area contributed by atoms with E-state index < -0.39 is 0 Å². The van der Waals surface area contributed by atoms with E-state index in [2.05, 4.69) is 54.7 Å². The third kappa shape index (κ3) is 6.85. The maximum atomic E-state index is 9.00. The summed E-state index contributed by atoms with van der Waals surface area (Å²) in [6, 6.07) is 11.5. The number of hydrogen-bond acceptors (Lipinski definition) is 2. The van der Waals surface area contributed by atoms with Crippen LogP contribution < -0.4 is 4.74 Å². The molecule has 0 atom stereocenters. The van der Waals surface area contributed by atoms with Crippen LogP contribution in [0.2, 0.25) is 0 Å². The second-order valence-corrected chi connectivity index (χ2v) is 6.93. The Bertz CT molecular complexity index is 586. The highest BCUT2D eigenvalue weighted by atomic mass is 79.9. The first-order valence-electron chi connectivity index (χ1n) is 6.34. The predicted molar refractivity (Wildman–Crippen MR) is 98.7 cm³/mol. The fourth-order valence-corrected chi connectivity index (χ4v) is 2.75. The Morgan fingerprint density at radius 3 is 2.00 bits per heavy atom. The van der Waals surface area contributed by atoms with E-state index in [0.717, 1.165) is 25.6 Å². The van der Waals surface area contributed by atoms with E-state index in [1.807, 2.05) is 37.3 Å². The molecule has 21 heavy (non-hydrogen) atoms. The average molecular weight is 481 g/mol. The number of halogens is 3. The average Bonchev–Trinajstić information content (AvgIpc) is 2.43. The topological polar surface area (TPSA) is 29.5 Å². The second-order valence-electron chi connectivity index (χ2n) is 4.43. The normalized spacial score (nSPS) is 9.76. The van der Waals surface area contributed by atoms with E-state index in [0.29, 0.717) is 12.4 Å². The van der Waals surface area contributed by atoms with E-state index in [1.54, 1.807) is 6.07 Å². The predicted octanol–water partition coefficient (Wildman–Crippen LogP) is 5.99. The molecule has 0 heterocycles. The Balaban J connectivity index is 0.000000219. The number of aromatic hydroxyl groups is 1. The van der Waals surface area contributed by atoms with Crippen molar-refractivity contribution in [3.05, 3.63) is 56.5 Å². The van der Waals surface area contributed by atoms with Gasteiger partial charge < -0.3 is 9.84 Å². The van der Waals surface area contributed by atoms with Crippen molar-refractivity contribution >= 4 is 47.8 Å². The Labute approximate surface area is 150 Å². The minimum Gasteiger partial charge on any atom is -0.507 e. The minimum atomic E-state index is 0.292. The van der Waals surface area contributed by atoms with Gasteiger partial charge in [0.05, 0.1) is 15.6 Å². The molecule has 0 bridgehead atoms. The van der Waals surface area contributed by atoms with Gasteiger partial charge in [-0.25, -0.2) is 0 Å². The zero-order valence-corrected chi connectivity index (χ0v) is 16.6. The van der Waals surface area contributed by atoms with Gasteiger partial charge in [0.25, 0.3) is 0 Å².